The third-order valence-electron chi connectivity index (χ3n) is 3.04. The summed E-state index contributed by atoms with van der Waals surface area (Å²) in [5.41, 5.74) is 1.87. The van der Waals surface area contributed by atoms with E-state index in [1.165, 1.54) is 10.4 Å². The van der Waals surface area contributed by atoms with Crippen LogP contribution in [-0.2, 0) is 17.6 Å². The summed E-state index contributed by atoms with van der Waals surface area (Å²) in [6.45, 7) is 2.06. The first-order valence-electron chi connectivity index (χ1n) is 6.10. The van der Waals surface area contributed by atoms with Crippen LogP contribution in [0.5, 0.6) is 0 Å². The summed E-state index contributed by atoms with van der Waals surface area (Å²) in [6, 6.07) is 2.23. The summed E-state index contributed by atoms with van der Waals surface area (Å²) in [4.78, 5) is 12.9. The lowest BCUT2D eigenvalue weighted by Crippen LogP contribution is -2.10. The molecule has 17 heavy (non-hydrogen) atoms. The van der Waals surface area contributed by atoms with Gasteiger partial charge in [0, 0.05) is 11.3 Å². The second-order valence-corrected chi connectivity index (χ2v) is 5.43. The molecule has 4 heteroatoms. The SMILES string of the molecule is CCCCC(=O)Nc1sc2c(c1C#N)CCC2. The maximum absolute atomic E-state index is 11.7. The summed E-state index contributed by atoms with van der Waals surface area (Å²) < 4.78 is 0. The van der Waals surface area contributed by atoms with Crippen molar-refractivity contribution < 1.29 is 4.79 Å². The van der Waals surface area contributed by atoms with Gasteiger partial charge in [-0.3, -0.25) is 4.79 Å². The topological polar surface area (TPSA) is 52.9 Å². The average Bonchev–Trinajstić information content (AvgIpc) is 2.86. The second-order valence-electron chi connectivity index (χ2n) is 4.33. The Morgan fingerprint density at radius 2 is 2.35 bits per heavy atom. The van der Waals surface area contributed by atoms with Gasteiger partial charge in [-0.05, 0) is 31.2 Å². The minimum Gasteiger partial charge on any atom is -0.317 e. The number of carbonyl (C=O) groups is 1. The van der Waals surface area contributed by atoms with Gasteiger partial charge >= 0.3 is 0 Å². The lowest BCUT2D eigenvalue weighted by molar-refractivity contribution is -0.116. The molecule has 1 heterocycles. The van der Waals surface area contributed by atoms with Crippen LogP contribution in [0.1, 0.15) is 48.6 Å². The van der Waals surface area contributed by atoms with Gasteiger partial charge in [-0.2, -0.15) is 5.26 Å². The monoisotopic (exact) mass is 248 g/mol. The van der Waals surface area contributed by atoms with E-state index in [0.29, 0.717) is 12.0 Å². The van der Waals surface area contributed by atoms with Gasteiger partial charge in [-0.1, -0.05) is 13.3 Å². The summed E-state index contributed by atoms with van der Waals surface area (Å²) in [5, 5.41) is 12.8. The molecular formula is C13H16N2OS. The third kappa shape index (κ3) is 2.50. The molecule has 0 aromatic carbocycles. The van der Waals surface area contributed by atoms with Gasteiger partial charge in [0.1, 0.15) is 11.1 Å². The van der Waals surface area contributed by atoms with E-state index in [4.69, 9.17) is 5.26 Å². The molecule has 0 spiro atoms. The van der Waals surface area contributed by atoms with E-state index in [2.05, 4.69) is 18.3 Å². The van der Waals surface area contributed by atoms with Crippen LogP contribution in [0.15, 0.2) is 0 Å². The zero-order chi connectivity index (χ0) is 12.3. The molecule has 90 valence electrons. The smallest absolute Gasteiger partial charge is 0.225 e. The van der Waals surface area contributed by atoms with Gasteiger partial charge in [0.05, 0.1) is 5.56 Å². The van der Waals surface area contributed by atoms with Gasteiger partial charge < -0.3 is 5.32 Å². The molecule has 0 saturated carbocycles. The summed E-state index contributed by atoms with van der Waals surface area (Å²) in [6.07, 6.45) is 5.64. The zero-order valence-electron chi connectivity index (χ0n) is 10.0. The standard InChI is InChI=1S/C13H16N2OS/c1-2-3-7-12(16)15-13-10(8-14)9-5-4-6-11(9)17-13/h2-7H2,1H3,(H,15,16). The van der Waals surface area contributed by atoms with Crippen molar-refractivity contribution in [2.24, 2.45) is 0 Å². The van der Waals surface area contributed by atoms with Crippen LogP contribution in [0.3, 0.4) is 0 Å². The van der Waals surface area contributed by atoms with E-state index < -0.39 is 0 Å². The Morgan fingerprint density at radius 1 is 1.53 bits per heavy atom. The fraction of sp³-hybridized carbons (Fsp3) is 0.538. The molecule has 0 aliphatic heterocycles. The molecule has 1 aromatic heterocycles. The number of hydrogen-bond acceptors (Lipinski definition) is 3. The van der Waals surface area contributed by atoms with Crippen molar-refractivity contribution in [1.82, 2.24) is 0 Å². The average molecular weight is 248 g/mol. The van der Waals surface area contributed by atoms with Gasteiger partial charge in [0.2, 0.25) is 5.91 Å². The lowest BCUT2D eigenvalue weighted by Gasteiger charge is -2.02. The molecule has 1 amide bonds. The molecule has 3 nitrogen and oxygen atoms in total. The highest BCUT2D eigenvalue weighted by Gasteiger charge is 2.22. The quantitative estimate of drug-likeness (QED) is 0.889. The van der Waals surface area contributed by atoms with Crippen molar-refractivity contribution in [3.63, 3.8) is 0 Å². The van der Waals surface area contributed by atoms with Gasteiger partial charge in [-0.25, -0.2) is 0 Å². The van der Waals surface area contributed by atoms with Crippen molar-refractivity contribution in [1.29, 1.82) is 5.26 Å². The van der Waals surface area contributed by atoms with Crippen molar-refractivity contribution in [2.75, 3.05) is 5.32 Å². The number of anilines is 1. The number of nitriles is 1. The third-order valence-corrected chi connectivity index (χ3v) is 4.25. The van der Waals surface area contributed by atoms with Crippen LogP contribution < -0.4 is 5.32 Å². The molecule has 0 unspecified atom stereocenters. The van der Waals surface area contributed by atoms with E-state index in [0.717, 1.165) is 37.1 Å². The predicted molar refractivity (Wildman–Crippen MR) is 69.2 cm³/mol. The number of fused-ring (bicyclic) bond motifs is 1. The number of carbonyl (C=O) groups excluding carboxylic acids is 1. The molecule has 0 fully saturated rings. The number of aryl methyl sites for hydroxylation is 1. The maximum Gasteiger partial charge on any atom is 0.225 e. The van der Waals surface area contributed by atoms with Crippen LogP contribution in [0.2, 0.25) is 0 Å². The Labute approximate surface area is 105 Å². The summed E-state index contributed by atoms with van der Waals surface area (Å²) in [7, 11) is 0. The minimum atomic E-state index is 0.0308. The normalized spacial score (nSPS) is 13.2. The Hall–Kier alpha value is -1.34. The van der Waals surface area contributed by atoms with Crippen molar-refractivity contribution >= 4 is 22.2 Å². The fourth-order valence-corrected chi connectivity index (χ4v) is 3.39. The number of amides is 1. The van der Waals surface area contributed by atoms with E-state index in [-0.39, 0.29) is 5.91 Å². The molecule has 0 saturated heterocycles. The fourth-order valence-electron chi connectivity index (χ4n) is 2.14. The Kier molecular flexibility index (Phi) is 3.80. The van der Waals surface area contributed by atoms with E-state index in [9.17, 15) is 4.79 Å². The molecule has 0 atom stereocenters. The molecule has 0 radical (unpaired) electrons. The highest BCUT2D eigenvalue weighted by Crippen LogP contribution is 2.38. The number of unbranched alkanes of at least 4 members (excludes halogenated alkanes) is 1. The van der Waals surface area contributed by atoms with E-state index in [1.54, 1.807) is 11.3 Å². The van der Waals surface area contributed by atoms with Crippen LogP contribution in [0.4, 0.5) is 5.00 Å². The van der Waals surface area contributed by atoms with Gasteiger partial charge in [0.25, 0.3) is 0 Å². The number of nitrogens with one attached hydrogen (secondary N) is 1. The highest BCUT2D eigenvalue weighted by molar-refractivity contribution is 7.16. The zero-order valence-corrected chi connectivity index (χ0v) is 10.8. The first kappa shape index (κ1) is 12.1. The molecule has 1 N–H and O–H groups in total. The lowest BCUT2D eigenvalue weighted by atomic mass is 10.1. The van der Waals surface area contributed by atoms with Crippen molar-refractivity contribution in [3.8, 4) is 6.07 Å². The van der Waals surface area contributed by atoms with Crippen LogP contribution >= 0.6 is 11.3 Å². The van der Waals surface area contributed by atoms with Gasteiger partial charge in [0.15, 0.2) is 0 Å². The van der Waals surface area contributed by atoms with E-state index >= 15 is 0 Å². The largest absolute Gasteiger partial charge is 0.317 e. The minimum absolute atomic E-state index is 0.0308. The maximum atomic E-state index is 11.7. The second kappa shape index (κ2) is 5.33. The van der Waals surface area contributed by atoms with Crippen LogP contribution in [0, 0.1) is 11.3 Å². The predicted octanol–water partition coefficient (Wildman–Crippen LogP) is 3.24. The Balaban J connectivity index is 2.12. The Morgan fingerprint density at radius 3 is 3.06 bits per heavy atom. The van der Waals surface area contributed by atoms with Gasteiger partial charge in [-0.15, -0.1) is 11.3 Å². The van der Waals surface area contributed by atoms with Crippen molar-refractivity contribution in [2.45, 2.75) is 45.4 Å². The molecule has 0 bridgehead atoms. The molecule has 1 aliphatic carbocycles. The van der Waals surface area contributed by atoms with Crippen LogP contribution in [0.25, 0.3) is 0 Å². The molecule has 1 aliphatic rings. The first-order chi connectivity index (χ1) is 8.26. The van der Waals surface area contributed by atoms with Crippen LogP contribution in [-0.4, -0.2) is 5.91 Å². The first-order valence-corrected chi connectivity index (χ1v) is 6.92. The van der Waals surface area contributed by atoms with Crippen molar-refractivity contribution in [3.05, 3.63) is 16.0 Å². The number of hydrogen-bond donors (Lipinski definition) is 1. The summed E-state index contributed by atoms with van der Waals surface area (Å²) >= 11 is 1.58. The van der Waals surface area contributed by atoms with E-state index in [1.807, 2.05) is 0 Å². The number of nitrogens with zero attached hydrogens (tertiary/aromatic N) is 1. The Bertz CT molecular complexity index is 470. The molecular weight excluding hydrogens is 232 g/mol. The highest BCUT2D eigenvalue weighted by atomic mass is 32.1. The summed E-state index contributed by atoms with van der Waals surface area (Å²) in [5.74, 6) is 0.0308. The molecule has 2 rings (SSSR count). The number of rotatable bonds is 4. The molecule has 1 aromatic rings. The number of thiophene rings is 1.